The second-order valence-electron chi connectivity index (χ2n) is 10.4. The van der Waals surface area contributed by atoms with Gasteiger partial charge in [-0.2, -0.15) is 0 Å². The summed E-state index contributed by atoms with van der Waals surface area (Å²) in [4.78, 5) is 23.6. The predicted molar refractivity (Wildman–Crippen MR) is 103 cm³/mol. The van der Waals surface area contributed by atoms with Gasteiger partial charge in [-0.3, -0.25) is 9.59 Å². The average molecular weight is 377 g/mol. The van der Waals surface area contributed by atoms with Gasteiger partial charge in [0.2, 0.25) is 0 Å². The Kier molecular flexibility index (Phi) is 4.93. The van der Waals surface area contributed by atoms with Crippen LogP contribution in [0.4, 0.5) is 0 Å². The van der Waals surface area contributed by atoms with Crippen LogP contribution in [-0.4, -0.2) is 29.6 Å². The van der Waals surface area contributed by atoms with E-state index in [4.69, 9.17) is 4.74 Å². The SMILES string of the molecule is CC(=O)OC[C@]12CC[C@H]3[C@@H](CC[C@H]4CC(=O)CC[C@@]43C)[C@@H]1CC[C@@H]2[C@@H](C)O. The van der Waals surface area contributed by atoms with Crippen LogP contribution in [0.2, 0.25) is 0 Å². The maximum absolute atomic E-state index is 12.0. The fourth-order valence-electron chi connectivity index (χ4n) is 8.14. The third-order valence-corrected chi connectivity index (χ3v) is 9.39. The van der Waals surface area contributed by atoms with Gasteiger partial charge in [-0.15, -0.1) is 0 Å². The van der Waals surface area contributed by atoms with E-state index in [1.54, 1.807) is 0 Å². The minimum atomic E-state index is -0.346. The second kappa shape index (κ2) is 6.86. The van der Waals surface area contributed by atoms with Gasteiger partial charge >= 0.3 is 5.97 Å². The summed E-state index contributed by atoms with van der Waals surface area (Å²) >= 11 is 0. The number of hydrogen-bond donors (Lipinski definition) is 1. The summed E-state index contributed by atoms with van der Waals surface area (Å²) in [6, 6.07) is 0. The monoisotopic (exact) mass is 376 g/mol. The van der Waals surface area contributed by atoms with Crippen LogP contribution in [0, 0.1) is 40.4 Å². The van der Waals surface area contributed by atoms with Gasteiger partial charge in [0, 0.05) is 25.2 Å². The van der Waals surface area contributed by atoms with Crippen LogP contribution in [0.1, 0.15) is 78.6 Å². The molecule has 4 aliphatic carbocycles. The lowest BCUT2D eigenvalue weighted by Crippen LogP contribution is -2.56. The molecule has 27 heavy (non-hydrogen) atoms. The lowest BCUT2D eigenvalue weighted by atomic mass is 9.44. The van der Waals surface area contributed by atoms with Gasteiger partial charge in [-0.05, 0) is 86.9 Å². The van der Waals surface area contributed by atoms with Crippen LogP contribution in [-0.2, 0) is 14.3 Å². The van der Waals surface area contributed by atoms with Crippen LogP contribution < -0.4 is 0 Å². The molecule has 4 rings (SSSR count). The number of ketones is 1. The molecule has 0 aliphatic heterocycles. The number of rotatable bonds is 3. The summed E-state index contributed by atoms with van der Waals surface area (Å²) < 4.78 is 5.60. The summed E-state index contributed by atoms with van der Waals surface area (Å²) in [5.74, 6) is 2.95. The number of carbonyl (C=O) groups excluding carboxylic acids is 2. The molecule has 0 unspecified atom stereocenters. The fraction of sp³-hybridized carbons (Fsp3) is 0.913. The number of fused-ring (bicyclic) bond motifs is 5. The van der Waals surface area contributed by atoms with E-state index in [0.717, 1.165) is 44.9 Å². The molecule has 4 heteroatoms. The smallest absolute Gasteiger partial charge is 0.302 e. The van der Waals surface area contributed by atoms with Crippen LogP contribution in [0.25, 0.3) is 0 Å². The summed E-state index contributed by atoms with van der Waals surface area (Å²) in [5.41, 5.74) is 0.252. The summed E-state index contributed by atoms with van der Waals surface area (Å²) in [6.07, 6.45) is 9.05. The number of aliphatic hydroxyl groups is 1. The van der Waals surface area contributed by atoms with Crippen molar-refractivity contribution in [2.75, 3.05) is 6.61 Å². The number of carbonyl (C=O) groups is 2. The minimum absolute atomic E-state index is 0.0469. The first-order valence-electron chi connectivity index (χ1n) is 11.1. The van der Waals surface area contributed by atoms with E-state index in [9.17, 15) is 14.7 Å². The van der Waals surface area contributed by atoms with E-state index < -0.39 is 0 Å². The van der Waals surface area contributed by atoms with E-state index in [2.05, 4.69) is 6.92 Å². The van der Waals surface area contributed by atoms with Crippen LogP contribution in [0.5, 0.6) is 0 Å². The highest BCUT2D eigenvalue weighted by Crippen LogP contribution is 2.67. The molecule has 152 valence electrons. The molecule has 4 fully saturated rings. The van der Waals surface area contributed by atoms with Crippen LogP contribution >= 0.6 is 0 Å². The molecule has 0 saturated heterocycles. The van der Waals surface area contributed by atoms with E-state index in [1.165, 1.54) is 19.8 Å². The van der Waals surface area contributed by atoms with E-state index in [0.29, 0.717) is 41.5 Å². The summed E-state index contributed by atoms with van der Waals surface area (Å²) in [5, 5.41) is 10.5. The topological polar surface area (TPSA) is 63.6 Å². The maximum atomic E-state index is 12.0. The Hall–Kier alpha value is -0.900. The highest BCUT2D eigenvalue weighted by Gasteiger charge is 2.62. The normalized spacial score (nSPS) is 47.6. The molecular formula is C23H36O4. The number of esters is 1. The van der Waals surface area contributed by atoms with Gasteiger partial charge in [0.15, 0.2) is 0 Å². The molecule has 0 aromatic rings. The summed E-state index contributed by atoms with van der Waals surface area (Å²) in [6.45, 7) is 6.35. The molecule has 0 spiro atoms. The zero-order valence-electron chi connectivity index (χ0n) is 17.2. The highest BCUT2D eigenvalue weighted by molar-refractivity contribution is 5.79. The molecule has 0 bridgehead atoms. The fourth-order valence-corrected chi connectivity index (χ4v) is 8.14. The molecular weight excluding hydrogens is 340 g/mol. The van der Waals surface area contributed by atoms with Crippen molar-refractivity contribution in [1.29, 1.82) is 0 Å². The van der Waals surface area contributed by atoms with Crippen LogP contribution in [0.3, 0.4) is 0 Å². The van der Waals surface area contributed by atoms with Gasteiger partial charge in [0.05, 0.1) is 12.7 Å². The quantitative estimate of drug-likeness (QED) is 0.752. The third kappa shape index (κ3) is 2.97. The van der Waals surface area contributed by atoms with Crippen molar-refractivity contribution >= 4 is 11.8 Å². The lowest BCUT2D eigenvalue weighted by molar-refractivity contribution is -0.164. The molecule has 4 aliphatic rings. The Morgan fingerprint density at radius 2 is 1.96 bits per heavy atom. The Bertz CT molecular complexity index is 613. The molecule has 8 atom stereocenters. The van der Waals surface area contributed by atoms with Crippen molar-refractivity contribution in [1.82, 2.24) is 0 Å². The molecule has 4 saturated carbocycles. The molecule has 0 aromatic heterocycles. The standard InChI is InChI=1S/C23H36O4/c1-14(24)19-6-7-21-18-5-4-16-12-17(26)8-10-22(16,3)20(18)9-11-23(19,21)13-27-15(2)25/h14,16,18-21,24H,4-13H2,1-3H3/t14-,16+,18-,19-,20+,21+,22+,23+/m1/s1. The molecule has 0 amide bonds. The van der Waals surface area contributed by atoms with Gasteiger partial charge in [-0.25, -0.2) is 0 Å². The number of ether oxygens (including phenoxy) is 1. The van der Waals surface area contributed by atoms with E-state index in [-0.39, 0.29) is 23.4 Å². The molecule has 0 aromatic carbocycles. The molecule has 4 nitrogen and oxygen atoms in total. The minimum Gasteiger partial charge on any atom is -0.465 e. The average Bonchev–Trinajstić information content (AvgIpc) is 3.00. The third-order valence-electron chi connectivity index (χ3n) is 9.39. The van der Waals surface area contributed by atoms with Crippen molar-refractivity contribution in [2.45, 2.75) is 84.7 Å². The Balaban J connectivity index is 1.63. The van der Waals surface area contributed by atoms with Crippen molar-refractivity contribution in [3.8, 4) is 0 Å². The highest BCUT2D eigenvalue weighted by atomic mass is 16.5. The predicted octanol–water partition coefficient (Wildman–Crippen LogP) is 4.14. The summed E-state index contributed by atoms with van der Waals surface area (Å²) in [7, 11) is 0. The number of aliphatic hydroxyl groups excluding tert-OH is 1. The van der Waals surface area contributed by atoms with Crippen molar-refractivity contribution < 1.29 is 19.4 Å². The van der Waals surface area contributed by atoms with Crippen molar-refractivity contribution in [3.05, 3.63) is 0 Å². The van der Waals surface area contributed by atoms with Gasteiger partial charge in [0.25, 0.3) is 0 Å². The molecule has 0 radical (unpaired) electrons. The Labute approximate surface area is 163 Å². The van der Waals surface area contributed by atoms with Crippen molar-refractivity contribution in [2.24, 2.45) is 40.4 Å². The van der Waals surface area contributed by atoms with Gasteiger partial charge < -0.3 is 9.84 Å². The Morgan fingerprint density at radius 3 is 2.67 bits per heavy atom. The molecule has 1 N–H and O–H groups in total. The maximum Gasteiger partial charge on any atom is 0.302 e. The first-order chi connectivity index (χ1) is 12.8. The lowest BCUT2D eigenvalue weighted by Gasteiger charge is -2.60. The van der Waals surface area contributed by atoms with Crippen molar-refractivity contribution in [3.63, 3.8) is 0 Å². The van der Waals surface area contributed by atoms with E-state index >= 15 is 0 Å². The van der Waals surface area contributed by atoms with Crippen LogP contribution in [0.15, 0.2) is 0 Å². The number of hydrogen-bond acceptors (Lipinski definition) is 4. The Morgan fingerprint density at radius 1 is 1.19 bits per heavy atom. The zero-order chi connectivity index (χ0) is 19.4. The molecule has 0 heterocycles. The van der Waals surface area contributed by atoms with E-state index in [1.807, 2.05) is 6.92 Å². The first kappa shape index (κ1) is 19.4. The first-order valence-corrected chi connectivity index (χ1v) is 11.1. The second-order valence-corrected chi connectivity index (χ2v) is 10.4. The zero-order valence-corrected chi connectivity index (χ0v) is 17.2. The van der Waals surface area contributed by atoms with Gasteiger partial charge in [-0.1, -0.05) is 6.92 Å². The largest absolute Gasteiger partial charge is 0.465 e. The van der Waals surface area contributed by atoms with Gasteiger partial charge in [0.1, 0.15) is 5.78 Å². The number of Topliss-reactive ketones (excluding diaryl/α,β-unsaturated/α-hetero) is 1.